The number of benzene rings is 1. The third-order valence-electron chi connectivity index (χ3n) is 6.91. The lowest BCUT2D eigenvalue weighted by Crippen LogP contribution is -2.20. The summed E-state index contributed by atoms with van der Waals surface area (Å²) in [7, 11) is -2.06. The molecule has 2 aromatic rings. The highest BCUT2D eigenvalue weighted by atomic mass is 31.2. The van der Waals surface area contributed by atoms with Crippen molar-refractivity contribution in [3.8, 4) is 5.75 Å². The van der Waals surface area contributed by atoms with E-state index < -0.39 is 7.14 Å². The van der Waals surface area contributed by atoms with Crippen LogP contribution in [0.25, 0.3) is 0 Å². The standard InChI is InChI=1S/C26H35FNO2P/c1-18-13-24(26(27)15-28-18)20-9-7-19(8-10-20)16-30-23-6-4-5-22(14-23)25(21-11-12-21)17-31(2,3)29/h4-6,13-15,19-21,25H,7-12,16-17H2,1-3H3/t19?,20?,25-/m0/s1. The lowest BCUT2D eigenvalue weighted by atomic mass is 9.79. The molecule has 1 atom stereocenters. The fourth-order valence-electron chi connectivity index (χ4n) is 5.07. The quantitative estimate of drug-likeness (QED) is 0.412. The lowest BCUT2D eigenvalue weighted by Gasteiger charge is -2.29. The van der Waals surface area contributed by atoms with Crippen molar-refractivity contribution in [1.82, 2.24) is 4.98 Å². The van der Waals surface area contributed by atoms with E-state index in [0.29, 0.717) is 30.3 Å². The number of pyridine rings is 1. The van der Waals surface area contributed by atoms with Crippen LogP contribution < -0.4 is 4.74 Å². The van der Waals surface area contributed by atoms with Gasteiger partial charge in [0.15, 0.2) is 0 Å². The van der Waals surface area contributed by atoms with E-state index in [2.05, 4.69) is 23.2 Å². The maximum absolute atomic E-state index is 14.2. The van der Waals surface area contributed by atoms with E-state index in [1.54, 1.807) is 0 Å². The van der Waals surface area contributed by atoms with Crippen molar-refractivity contribution in [1.29, 1.82) is 0 Å². The Kier molecular flexibility index (Phi) is 6.86. The molecular weight excluding hydrogens is 408 g/mol. The molecule has 5 heteroatoms. The second-order valence-electron chi connectivity index (χ2n) is 10.1. The molecule has 1 aromatic carbocycles. The Morgan fingerprint density at radius 3 is 2.55 bits per heavy atom. The van der Waals surface area contributed by atoms with Crippen LogP contribution in [0.2, 0.25) is 0 Å². The molecule has 4 rings (SSSR count). The number of hydrogen-bond donors (Lipinski definition) is 0. The lowest BCUT2D eigenvalue weighted by molar-refractivity contribution is 0.199. The van der Waals surface area contributed by atoms with E-state index in [1.807, 2.05) is 32.4 Å². The molecule has 1 aromatic heterocycles. The Hall–Kier alpha value is -1.67. The molecule has 0 unspecified atom stereocenters. The van der Waals surface area contributed by atoms with E-state index in [-0.39, 0.29) is 5.82 Å². The van der Waals surface area contributed by atoms with Crippen molar-refractivity contribution in [3.05, 3.63) is 59.2 Å². The number of aryl methyl sites for hydroxylation is 1. The number of aromatic nitrogens is 1. The summed E-state index contributed by atoms with van der Waals surface area (Å²) in [6.45, 7) is 6.43. The second-order valence-corrected chi connectivity index (χ2v) is 13.7. The highest BCUT2D eigenvalue weighted by Gasteiger charge is 2.35. The van der Waals surface area contributed by atoms with E-state index in [1.165, 1.54) is 24.6 Å². The van der Waals surface area contributed by atoms with Gasteiger partial charge in [-0.15, -0.1) is 0 Å². The zero-order chi connectivity index (χ0) is 22.0. The molecular formula is C26H35FNO2P. The second kappa shape index (κ2) is 9.45. The molecule has 0 aliphatic heterocycles. The molecule has 0 amide bonds. The largest absolute Gasteiger partial charge is 0.493 e. The molecule has 31 heavy (non-hydrogen) atoms. The van der Waals surface area contributed by atoms with Gasteiger partial charge >= 0.3 is 0 Å². The smallest absolute Gasteiger partial charge is 0.144 e. The summed E-state index contributed by atoms with van der Waals surface area (Å²) in [6, 6.07) is 10.3. The Balaban J connectivity index is 1.32. The SMILES string of the molecule is Cc1cc(C2CCC(COc3cccc([C@@H](CP(C)(C)=O)C4CC4)c3)CC2)c(F)cn1. The van der Waals surface area contributed by atoms with E-state index in [4.69, 9.17) is 4.74 Å². The fourth-order valence-corrected chi connectivity index (χ4v) is 6.52. The van der Waals surface area contributed by atoms with Crippen LogP contribution in [0.5, 0.6) is 5.75 Å². The summed E-state index contributed by atoms with van der Waals surface area (Å²) in [5, 5.41) is 0. The van der Waals surface area contributed by atoms with Crippen molar-refractivity contribution >= 4 is 7.14 Å². The van der Waals surface area contributed by atoms with Crippen LogP contribution in [-0.4, -0.2) is 31.1 Å². The first-order chi connectivity index (χ1) is 14.8. The zero-order valence-electron chi connectivity index (χ0n) is 19.0. The maximum Gasteiger partial charge on any atom is 0.144 e. The van der Waals surface area contributed by atoms with Gasteiger partial charge in [-0.3, -0.25) is 4.98 Å². The number of hydrogen-bond acceptors (Lipinski definition) is 3. The first-order valence-electron chi connectivity index (χ1n) is 11.7. The molecule has 2 aliphatic rings. The highest BCUT2D eigenvalue weighted by Crippen LogP contribution is 2.51. The zero-order valence-corrected chi connectivity index (χ0v) is 19.9. The summed E-state index contributed by atoms with van der Waals surface area (Å²) in [4.78, 5) is 4.06. The molecule has 0 spiro atoms. The molecule has 1 heterocycles. The van der Waals surface area contributed by atoms with Crippen molar-refractivity contribution in [2.45, 2.75) is 57.3 Å². The minimum Gasteiger partial charge on any atom is -0.493 e. The molecule has 3 nitrogen and oxygen atoms in total. The minimum absolute atomic E-state index is 0.170. The van der Waals surface area contributed by atoms with Crippen LogP contribution in [-0.2, 0) is 4.57 Å². The third kappa shape index (κ3) is 6.19. The van der Waals surface area contributed by atoms with Crippen LogP contribution in [0.1, 0.15) is 67.2 Å². The molecule has 0 radical (unpaired) electrons. The predicted molar refractivity (Wildman–Crippen MR) is 125 cm³/mol. The summed E-state index contributed by atoms with van der Waals surface area (Å²) < 4.78 is 32.8. The average Bonchev–Trinajstić information content (AvgIpc) is 3.58. The van der Waals surface area contributed by atoms with Gasteiger partial charge in [-0.1, -0.05) is 12.1 Å². The fraction of sp³-hybridized carbons (Fsp3) is 0.577. The van der Waals surface area contributed by atoms with Gasteiger partial charge < -0.3 is 9.30 Å². The minimum atomic E-state index is -2.06. The summed E-state index contributed by atoms with van der Waals surface area (Å²) in [6.07, 6.45) is 8.76. The van der Waals surface area contributed by atoms with Crippen molar-refractivity contribution in [3.63, 3.8) is 0 Å². The Morgan fingerprint density at radius 2 is 1.87 bits per heavy atom. The molecule has 0 saturated heterocycles. The average molecular weight is 444 g/mol. The van der Waals surface area contributed by atoms with Gasteiger partial charge in [0.2, 0.25) is 0 Å². The maximum atomic E-state index is 14.2. The first kappa shape index (κ1) is 22.5. The van der Waals surface area contributed by atoms with Crippen LogP contribution >= 0.6 is 7.14 Å². The normalized spacial score (nSPS) is 22.8. The van der Waals surface area contributed by atoms with Crippen LogP contribution in [0.3, 0.4) is 0 Å². The van der Waals surface area contributed by atoms with Crippen LogP contribution in [0, 0.1) is 24.6 Å². The number of halogens is 1. The molecule has 168 valence electrons. The van der Waals surface area contributed by atoms with Crippen LogP contribution in [0.4, 0.5) is 4.39 Å². The monoisotopic (exact) mass is 443 g/mol. The Morgan fingerprint density at radius 1 is 1.13 bits per heavy atom. The molecule has 2 saturated carbocycles. The van der Waals surface area contributed by atoms with E-state index in [9.17, 15) is 8.96 Å². The number of nitrogens with zero attached hydrogens (tertiary/aromatic N) is 1. The highest BCUT2D eigenvalue weighted by molar-refractivity contribution is 7.62. The van der Waals surface area contributed by atoms with Gasteiger partial charge in [0, 0.05) is 11.9 Å². The van der Waals surface area contributed by atoms with Gasteiger partial charge in [0.25, 0.3) is 0 Å². The first-order valence-corrected chi connectivity index (χ1v) is 14.5. The summed E-state index contributed by atoms with van der Waals surface area (Å²) in [5.74, 6) is 2.62. The molecule has 2 aliphatic carbocycles. The van der Waals surface area contributed by atoms with Crippen molar-refractivity contribution < 1.29 is 13.7 Å². The topological polar surface area (TPSA) is 39.2 Å². The third-order valence-corrected chi connectivity index (χ3v) is 8.18. The number of rotatable bonds is 8. The number of ether oxygens (including phenoxy) is 1. The Bertz CT molecular complexity index is 944. The predicted octanol–water partition coefficient (Wildman–Crippen LogP) is 7.00. The van der Waals surface area contributed by atoms with E-state index in [0.717, 1.165) is 48.9 Å². The molecule has 2 fully saturated rings. The van der Waals surface area contributed by atoms with Crippen molar-refractivity contribution in [2.24, 2.45) is 11.8 Å². The summed E-state index contributed by atoms with van der Waals surface area (Å²) in [5.41, 5.74) is 2.99. The van der Waals surface area contributed by atoms with Crippen molar-refractivity contribution in [2.75, 3.05) is 26.1 Å². The van der Waals surface area contributed by atoms with Gasteiger partial charge in [0.05, 0.1) is 19.9 Å². The van der Waals surface area contributed by atoms with E-state index >= 15 is 0 Å². The molecule has 0 N–H and O–H groups in total. The van der Waals surface area contributed by atoms with Gasteiger partial charge in [-0.2, -0.15) is 0 Å². The van der Waals surface area contributed by atoms with Gasteiger partial charge in [0.1, 0.15) is 11.6 Å². The molecule has 0 bridgehead atoms. The van der Waals surface area contributed by atoms with Crippen LogP contribution in [0.15, 0.2) is 36.5 Å². The summed E-state index contributed by atoms with van der Waals surface area (Å²) >= 11 is 0. The Labute approximate surface area is 186 Å². The van der Waals surface area contributed by atoms with Gasteiger partial charge in [-0.05, 0) is 112 Å². The van der Waals surface area contributed by atoms with Gasteiger partial charge in [-0.25, -0.2) is 4.39 Å².